The summed E-state index contributed by atoms with van der Waals surface area (Å²) >= 11 is 0. The van der Waals surface area contributed by atoms with Crippen LogP contribution >= 0.6 is 0 Å². The second kappa shape index (κ2) is 10.7. The summed E-state index contributed by atoms with van der Waals surface area (Å²) in [5.74, 6) is -1.23. The van der Waals surface area contributed by atoms with Crippen molar-refractivity contribution in [2.24, 2.45) is 0 Å². The number of hydrogen-bond donors (Lipinski definition) is 1. The molecule has 0 spiro atoms. The van der Waals surface area contributed by atoms with E-state index < -0.39 is 12.0 Å². The van der Waals surface area contributed by atoms with E-state index in [1.165, 1.54) is 0 Å². The summed E-state index contributed by atoms with van der Waals surface area (Å²) in [6.07, 6.45) is 1.35. The van der Waals surface area contributed by atoms with E-state index in [4.69, 9.17) is 4.74 Å². The number of ether oxygens (including phenoxy) is 1. The molecule has 0 aliphatic carbocycles. The highest BCUT2D eigenvalue weighted by molar-refractivity contribution is 6.01. The van der Waals surface area contributed by atoms with Crippen LogP contribution in [0.3, 0.4) is 0 Å². The molecule has 5 rings (SSSR count). The van der Waals surface area contributed by atoms with Crippen LogP contribution in [-0.2, 0) is 32.3 Å². The molecule has 2 atom stereocenters. The first-order chi connectivity index (χ1) is 17.6. The molecule has 0 bridgehead atoms. The number of para-hydroxylation sites is 1. The number of pyridine rings is 1. The number of rotatable bonds is 6. The predicted molar refractivity (Wildman–Crippen MR) is 134 cm³/mol. The maximum Gasteiger partial charge on any atom is 0.242 e. The van der Waals surface area contributed by atoms with E-state index in [1.54, 1.807) is 22.1 Å². The van der Waals surface area contributed by atoms with E-state index in [2.05, 4.69) is 10.3 Å². The molecule has 3 heterocycles. The zero-order valence-corrected chi connectivity index (χ0v) is 19.9. The van der Waals surface area contributed by atoms with Gasteiger partial charge in [-0.3, -0.25) is 19.4 Å². The van der Waals surface area contributed by atoms with Gasteiger partial charge in [-0.15, -0.1) is 0 Å². The fraction of sp³-hybridized carbons (Fsp3) is 0.286. The summed E-state index contributed by atoms with van der Waals surface area (Å²) in [6, 6.07) is 22.7. The largest absolute Gasteiger partial charge is 0.368 e. The molecule has 3 aromatic rings. The molecule has 2 aliphatic rings. The summed E-state index contributed by atoms with van der Waals surface area (Å²) in [7, 11) is 0. The van der Waals surface area contributed by atoms with Crippen molar-refractivity contribution in [1.29, 1.82) is 0 Å². The van der Waals surface area contributed by atoms with E-state index >= 15 is 0 Å². The van der Waals surface area contributed by atoms with E-state index in [0.29, 0.717) is 18.8 Å². The molecule has 1 N–H and O–H groups in total. The highest BCUT2D eigenvalue weighted by Crippen LogP contribution is 2.33. The van der Waals surface area contributed by atoms with Gasteiger partial charge in [0.2, 0.25) is 17.7 Å². The quantitative estimate of drug-likeness (QED) is 0.581. The number of benzene rings is 2. The molecule has 8 heteroatoms. The minimum Gasteiger partial charge on any atom is -0.368 e. The van der Waals surface area contributed by atoms with Gasteiger partial charge in [-0.05, 0) is 29.3 Å². The van der Waals surface area contributed by atoms with Crippen LogP contribution in [0.15, 0.2) is 79.0 Å². The molecule has 184 valence electrons. The van der Waals surface area contributed by atoms with Crippen LogP contribution in [0.25, 0.3) is 0 Å². The van der Waals surface area contributed by atoms with Gasteiger partial charge >= 0.3 is 0 Å². The van der Waals surface area contributed by atoms with Gasteiger partial charge < -0.3 is 19.9 Å². The number of carbonyl (C=O) groups excluding carboxylic acids is 3. The number of carbonyl (C=O) groups is 3. The maximum atomic E-state index is 13.8. The topological polar surface area (TPSA) is 91.8 Å². The summed E-state index contributed by atoms with van der Waals surface area (Å²) in [6.45, 7) is 1.25. The standard InChI is InChI=1S/C28H28N4O4/c33-26-14-24(23-11-4-5-12-25(23)30-26)28(35)32-17-22(36-19-21-10-6-7-13-29-21)16-31(27(34)18-32)15-20-8-2-1-3-9-20/h1-13,22,24H,14-19H2,(H,30,33). The van der Waals surface area contributed by atoms with Crippen molar-refractivity contribution in [2.45, 2.75) is 31.6 Å². The molecule has 0 radical (unpaired) electrons. The molecule has 1 saturated heterocycles. The smallest absolute Gasteiger partial charge is 0.242 e. The molecule has 1 fully saturated rings. The predicted octanol–water partition coefficient (Wildman–Crippen LogP) is 2.96. The van der Waals surface area contributed by atoms with Crippen LogP contribution in [-0.4, -0.2) is 58.2 Å². The maximum absolute atomic E-state index is 13.8. The summed E-state index contributed by atoms with van der Waals surface area (Å²) in [4.78, 5) is 47.0. The Morgan fingerprint density at radius 1 is 0.972 bits per heavy atom. The van der Waals surface area contributed by atoms with Gasteiger partial charge in [0.1, 0.15) is 0 Å². The fourth-order valence-electron chi connectivity index (χ4n) is 4.75. The van der Waals surface area contributed by atoms with Gasteiger partial charge in [0.25, 0.3) is 0 Å². The number of amides is 3. The Hall–Kier alpha value is -4.04. The highest BCUT2D eigenvalue weighted by atomic mass is 16.5. The first-order valence-electron chi connectivity index (χ1n) is 12.1. The van der Waals surface area contributed by atoms with Crippen molar-refractivity contribution >= 4 is 23.4 Å². The lowest BCUT2D eigenvalue weighted by Crippen LogP contribution is -2.44. The fourth-order valence-corrected chi connectivity index (χ4v) is 4.75. The average Bonchev–Trinajstić information content (AvgIpc) is 3.06. The molecule has 2 aromatic carbocycles. The summed E-state index contributed by atoms with van der Waals surface area (Å²) in [5, 5.41) is 2.83. The molecular formula is C28H28N4O4. The minimum atomic E-state index is -0.639. The average molecular weight is 485 g/mol. The van der Waals surface area contributed by atoms with E-state index in [9.17, 15) is 14.4 Å². The third-order valence-electron chi connectivity index (χ3n) is 6.55. The Kier molecular flexibility index (Phi) is 7.04. The van der Waals surface area contributed by atoms with Crippen molar-refractivity contribution < 1.29 is 19.1 Å². The lowest BCUT2D eigenvalue weighted by molar-refractivity contribution is -0.140. The molecule has 8 nitrogen and oxygen atoms in total. The van der Waals surface area contributed by atoms with E-state index in [0.717, 1.165) is 16.8 Å². The van der Waals surface area contributed by atoms with Crippen LogP contribution in [0.1, 0.15) is 29.2 Å². The van der Waals surface area contributed by atoms with Crippen molar-refractivity contribution in [3.05, 3.63) is 95.8 Å². The lowest BCUT2D eigenvalue weighted by Gasteiger charge is -2.30. The molecule has 36 heavy (non-hydrogen) atoms. The minimum absolute atomic E-state index is 0.0493. The Balaban J connectivity index is 1.38. The number of anilines is 1. The van der Waals surface area contributed by atoms with Crippen molar-refractivity contribution in [1.82, 2.24) is 14.8 Å². The SMILES string of the molecule is O=C1CC(C(=O)N2CC(=O)N(Cc3ccccc3)CC(OCc3ccccn3)C2)c2ccccc2N1. The number of hydrogen-bond acceptors (Lipinski definition) is 5. The normalized spacial score (nSPS) is 19.9. The van der Waals surface area contributed by atoms with Crippen LogP contribution in [0.2, 0.25) is 0 Å². The Labute approximate surface area is 209 Å². The van der Waals surface area contributed by atoms with Crippen molar-refractivity contribution in [3.63, 3.8) is 0 Å². The van der Waals surface area contributed by atoms with Gasteiger partial charge in [0, 0.05) is 37.9 Å². The van der Waals surface area contributed by atoms with Crippen LogP contribution in [0.5, 0.6) is 0 Å². The van der Waals surface area contributed by atoms with Gasteiger partial charge in [-0.1, -0.05) is 54.6 Å². The van der Waals surface area contributed by atoms with Crippen LogP contribution in [0.4, 0.5) is 5.69 Å². The van der Waals surface area contributed by atoms with Crippen LogP contribution in [0, 0.1) is 0 Å². The Morgan fingerprint density at radius 3 is 2.56 bits per heavy atom. The molecule has 1 aromatic heterocycles. The molecule has 2 unspecified atom stereocenters. The molecule has 2 aliphatic heterocycles. The third-order valence-corrected chi connectivity index (χ3v) is 6.55. The number of nitrogens with one attached hydrogen (secondary N) is 1. The molecule has 0 saturated carbocycles. The van der Waals surface area contributed by atoms with Gasteiger partial charge in [0.05, 0.1) is 30.9 Å². The molecule has 3 amide bonds. The summed E-state index contributed by atoms with van der Waals surface area (Å²) in [5.41, 5.74) is 3.19. The first kappa shape index (κ1) is 23.7. The van der Waals surface area contributed by atoms with Crippen molar-refractivity contribution in [3.8, 4) is 0 Å². The number of nitrogens with zero attached hydrogens (tertiary/aromatic N) is 3. The second-order valence-electron chi connectivity index (χ2n) is 9.12. The third kappa shape index (κ3) is 5.44. The Bertz CT molecular complexity index is 1230. The first-order valence-corrected chi connectivity index (χ1v) is 12.1. The van der Waals surface area contributed by atoms with Gasteiger partial charge in [-0.25, -0.2) is 0 Å². The van der Waals surface area contributed by atoms with Gasteiger partial charge in [0.15, 0.2) is 0 Å². The zero-order chi connectivity index (χ0) is 24.9. The lowest BCUT2D eigenvalue weighted by atomic mass is 9.89. The van der Waals surface area contributed by atoms with E-state index in [-0.39, 0.29) is 43.8 Å². The van der Waals surface area contributed by atoms with E-state index in [1.807, 2.05) is 66.7 Å². The molecular weight excluding hydrogens is 456 g/mol. The number of fused-ring (bicyclic) bond motifs is 1. The Morgan fingerprint density at radius 2 is 1.75 bits per heavy atom. The zero-order valence-electron chi connectivity index (χ0n) is 19.9. The monoisotopic (exact) mass is 484 g/mol. The highest BCUT2D eigenvalue weighted by Gasteiger charge is 2.37. The van der Waals surface area contributed by atoms with Crippen LogP contribution < -0.4 is 5.32 Å². The second-order valence-corrected chi connectivity index (χ2v) is 9.12. The number of aromatic nitrogens is 1. The van der Waals surface area contributed by atoms with Gasteiger partial charge in [-0.2, -0.15) is 0 Å². The summed E-state index contributed by atoms with van der Waals surface area (Å²) < 4.78 is 6.19. The van der Waals surface area contributed by atoms with Crippen molar-refractivity contribution in [2.75, 3.05) is 25.0 Å².